The maximum Gasteiger partial charge on any atom is 0.142 e. The molecule has 0 radical (unpaired) electrons. The smallest absolute Gasteiger partial charge is 0.142 e. The molecule has 1 aromatic rings. The molecule has 1 aromatic heterocycles. The molecule has 3 nitrogen and oxygen atoms in total. The summed E-state index contributed by atoms with van der Waals surface area (Å²) in [4.78, 5) is 12.3. The van der Waals surface area contributed by atoms with Crippen LogP contribution >= 0.6 is 0 Å². The van der Waals surface area contributed by atoms with Gasteiger partial charge in [-0.25, -0.2) is 0 Å². The van der Waals surface area contributed by atoms with E-state index in [0.29, 0.717) is 24.2 Å². The molecule has 0 aromatic carbocycles. The second-order valence-corrected chi connectivity index (χ2v) is 7.01. The molecular formula is C17H24N2O. The predicted octanol–water partition coefficient (Wildman–Crippen LogP) is 3.55. The average molecular weight is 272 g/mol. The van der Waals surface area contributed by atoms with Gasteiger partial charge in [0, 0.05) is 12.1 Å². The minimum Gasteiger partial charge on any atom is -0.299 e. The van der Waals surface area contributed by atoms with E-state index in [1.54, 1.807) is 0 Å². The molecule has 4 rings (SSSR count). The number of carbonyl (C=O) groups is 1. The van der Waals surface area contributed by atoms with Crippen LogP contribution in [0.25, 0.3) is 0 Å². The molecule has 0 amide bonds. The summed E-state index contributed by atoms with van der Waals surface area (Å²) >= 11 is 0. The number of hydrogen-bond acceptors (Lipinski definition) is 2. The second-order valence-electron chi connectivity index (χ2n) is 7.01. The van der Waals surface area contributed by atoms with Crippen molar-refractivity contribution in [2.24, 2.45) is 17.8 Å². The fourth-order valence-corrected chi connectivity index (χ4v) is 4.62. The van der Waals surface area contributed by atoms with E-state index >= 15 is 0 Å². The Morgan fingerprint density at radius 1 is 1.10 bits per heavy atom. The highest BCUT2D eigenvalue weighted by Gasteiger charge is 2.55. The summed E-state index contributed by atoms with van der Waals surface area (Å²) in [6.45, 7) is 0. The fraction of sp³-hybridized carbons (Fsp3) is 0.765. The quantitative estimate of drug-likeness (QED) is 0.840. The molecule has 3 fully saturated rings. The Morgan fingerprint density at radius 2 is 1.85 bits per heavy atom. The Labute approximate surface area is 120 Å². The van der Waals surface area contributed by atoms with Crippen LogP contribution in [0.4, 0.5) is 0 Å². The van der Waals surface area contributed by atoms with Gasteiger partial charge in [0.1, 0.15) is 5.78 Å². The molecule has 0 N–H and O–H groups in total. The zero-order chi connectivity index (χ0) is 13.5. The highest BCUT2D eigenvalue weighted by Crippen LogP contribution is 2.58. The summed E-state index contributed by atoms with van der Waals surface area (Å²) in [6, 6.07) is 2.64. The van der Waals surface area contributed by atoms with Gasteiger partial charge in [0.25, 0.3) is 0 Å². The van der Waals surface area contributed by atoms with Crippen LogP contribution in [0.2, 0.25) is 0 Å². The number of rotatable bonds is 4. The predicted molar refractivity (Wildman–Crippen MR) is 77.4 cm³/mol. The van der Waals surface area contributed by atoms with Crippen molar-refractivity contribution < 1.29 is 4.79 Å². The topological polar surface area (TPSA) is 34.9 Å². The third-order valence-electron chi connectivity index (χ3n) is 5.75. The molecular weight excluding hydrogens is 248 g/mol. The van der Waals surface area contributed by atoms with Gasteiger partial charge in [0.15, 0.2) is 0 Å². The number of aromatic nitrogens is 2. The summed E-state index contributed by atoms with van der Waals surface area (Å²) in [5.74, 6) is 2.32. The third kappa shape index (κ3) is 2.21. The average Bonchev–Trinajstić information content (AvgIpc) is 2.85. The van der Waals surface area contributed by atoms with E-state index in [-0.39, 0.29) is 0 Å². The minimum absolute atomic E-state index is 0.392. The van der Waals surface area contributed by atoms with Gasteiger partial charge in [-0.1, -0.05) is 25.7 Å². The number of ketones is 1. The van der Waals surface area contributed by atoms with Gasteiger partial charge in [-0.3, -0.25) is 9.48 Å². The molecule has 3 saturated carbocycles. The first-order valence-electron chi connectivity index (χ1n) is 8.39. The maximum absolute atomic E-state index is 12.3. The third-order valence-corrected chi connectivity index (χ3v) is 5.75. The zero-order valence-electron chi connectivity index (χ0n) is 12.1. The summed E-state index contributed by atoms with van der Waals surface area (Å²) in [7, 11) is 0. The highest BCUT2D eigenvalue weighted by atomic mass is 16.1. The van der Waals surface area contributed by atoms with E-state index < -0.39 is 0 Å². The SMILES string of the molecule is O=C(Cc1ccn(C2CCCCC2)n1)C1C2CCCC21. The summed E-state index contributed by atoms with van der Waals surface area (Å²) in [5, 5.41) is 4.67. The Morgan fingerprint density at radius 3 is 2.60 bits per heavy atom. The second kappa shape index (κ2) is 5.01. The van der Waals surface area contributed by atoms with Crippen molar-refractivity contribution in [1.29, 1.82) is 0 Å². The molecule has 20 heavy (non-hydrogen) atoms. The van der Waals surface area contributed by atoms with Crippen molar-refractivity contribution in [1.82, 2.24) is 9.78 Å². The standard InChI is InChI=1S/C17H24N2O/c20-16(17-14-7-4-8-15(14)17)11-12-9-10-19(18-12)13-5-2-1-3-6-13/h9-10,13-15,17H,1-8,11H2. The lowest BCUT2D eigenvalue weighted by molar-refractivity contribution is -0.120. The molecule has 3 heteroatoms. The molecule has 0 saturated heterocycles. The lowest BCUT2D eigenvalue weighted by atomic mass is 9.96. The summed E-state index contributed by atoms with van der Waals surface area (Å²) < 4.78 is 2.12. The molecule has 0 aliphatic heterocycles. The van der Waals surface area contributed by atoms with Gasteiger partial charge in [-0.05, 0) is 43.6 Å². The Bertz CT molecular complexity index is 491. The number of nitrogens with zero attached hydrogens (tertiary/aromatic N) is 2. The van der Waals surface area contributed by atoms with E-state index in [0.717, 1.165) is 17.5 Å². The first kappa shape index (κ1) is 12.6. The van der Waals surface area contributed by atoms with Crippen molar-refractivity contribution in [2.45, 2.75) is 63.8 Å². The normalized spacial score (nSPS) is 33.1. The number of carbonyl (C=O) groups excluding carboxylic acids is 1. The number of Topliss-reactive ketones (excluding diaryl/α,β-unsaturated/α-hetero) is 1. The van der Waals surface area contributed by atoms with Gasteiger partial charge in [0.2, 0.25) is 0 Å². The van der Waals surface area contributed by atoms with Gasteiger partial charge in [-0.15, -0.1) is 0 Å². The largest absolute Gasteiger partial charge is 0.299 e. The van der Waals surface area contributed by atoms with E-state index in [4.69, 9.17) is 0 Å². The fourth-order valence-electron chi connectivity index (χ4n) is 4.62. The van der Waals surface area contributed by atoms with E-state index in [1.165, 1.54) is 51.4 Å². The zero-order valence-corrected chi connectivity index (χ0v) is 12.1. The van der Waals surface area contributed by atoms with Crippen LogP contribution in [-0.4, -0.2) is 15.6 Å². The molecule has 3 aliphatic carbocycles. The van der Waals surface area contributed by atoms with Crippen molar-refractivity contribution in [3.8, 4) is 0 Å². The Hall–Kier alpha value is -1.12. The van der Waals surface area contributed by atoms with Gasteiger partial charge >= 0.3 is 0 Å². The number of fused-ring (bicyclic) bond motifs is 1. The Kier molecular flexibility index (Phi) is 3.16. The molecule has 0 bridgehead atoms. The van der Waals surface area contributed by atoms with Gasteiger partial charge in [0.05, 0.1) is 18.2 Å². The number of hydrogen-bond donors (Lipinski definition) is 0. The highest BCUT2D eigenvalue weighted by molar-refractivity contribution is 5.86. The van der Waals surface area contributed by atoms with Crippen molar-refractivity contribution >= 4 is 5.78 Å². The monoisotopic (exact) mass is 272 g/mol. The molecule has 2 unspecified atom stereocenters. The minimum atomic E-state index is 0.392. The molecule has 0 spiro atoms. The first-order valence-corrected chi connectivity index (χ1v) is 8.39. The Balaban J connectivity index is 1.37. The van der Waals surface area contributed by atoms with Crippen molar-refractivity contribution in [2.75, 3.05) is 0 Å². The van der Waals surface area contributed by atoms with Crippen LogP contribution in [0.3, 0.4) is 0 Å². The lowest BCUT2D eigenvalue weighted by Gasteiger charge is -2.21. The van der Waals surface area contributed by atoms with Gasteiger partial charge in [-0.2, -0.15) is 5.10 Å². The summed E-state index contributed by atoms with van der Waals surface area (Å²) in [5.41, 5.74) is 0.991. The van der Waals surface area contributed by atoms with Crippen LogP contribution in [-0.2, 0) is 11.2 Å². The van der Waals surface area contributed by atoms with Crippen LogP contribution in [0, 0.1) is 17.8 Å². The molecule has 1 heterocycles. The van der Waals surface area contributed by atoms with Gasteiger partial charge < -0.3 is 0 Å². The van der Waals surface area contributed by atoms with Crippen molar-refractivity contribution in [3.05, 3.63) is 18.0 Å². The van der Waals surface area contributed by atoms with Crippen LogP contribution in [0.5, 0.6) is 0 Å². The van der Waals surface area contributed by atoms with Crippen LogP contribution < -0.4 is 0 Å². The van der Waals surface area contributed by atoms with Crippen LogP contribution in [0.1, 0.15) is 63.1 Å². The summed E-state index contributed by atoms with van der Waals surface area (Å²) in [6.07, 6.45) is 13.1. The molecule has 2 atom stereocenters. The van der Waals surface area contributed by atoms with Crippen molar-refractivity contribution in [3.63, 3.8) is 0 Å². The molecule has 108 valence electrons. The van der Waals surface area contributed by atoms with E-state index in [2.05, 4.69) is 22.0 Å². The maximum atomic E-state index is 12.3. The van der Waals surface area contributed by atoms with E-state index in [9.17, 15) is 4.79 Å². The van der Waals surface area contributed by atoms with E-state index in [1.807, 2.05) is 0 Å². The van der Waals surface area contributed by atoms with Crippen LogP contribution in [0.15, 0.2) is 12.3 Å². The molecule has 3 aliphatic rings. The lowest BCUT2D eigenvalue weighted by Crippen LogP contribution is -2.14. The first-order chi connectivity index (χ1) is 9.83.